The largest absolute Gasteiger partial charge is 0.481 e. The van der Waals surface area contributed by atoms with Crippen molar-refractivity contribution in [3.8, 4) is 0 Å². The lowest BCUT2D eigenvalue weighted by Gasteiger charge is -2.27. The van der Waals surface area contributed by atoms with Crippen LogP contribution in [0.25, 0.3) is 0 Å². The molecule has 0 fully saturated rings. The molecule has 2 amide bonds. The van der Waals surface area contributed by atoms with Gasteiger partial charge in [0.1, 0.15) is 0 Å². The average molecular weight is 259 g/mol. The smallest absolute Gasteiger partial charge is 0.319 e. The SMILES string of the molecule is CCN(CCCN(C)C)C(=O)N(C)CCC(=O)O. The zero-order valence-electron chi connectivity index (χ0n) is 11.8. The minimum atomic E-state index is -0.884. The summed E-state index contributed by atoms with van der Waals surface area (Å²) in [4.78, 5) is 27.7. The highest BCUT2D eigenvalue weighted by molar-refractivity contribution is 5.75. The number of hydrogen-bond acceptors (Lipinski definition) is 3. The van der Waals surface area contributed by atoms with E-state index >= 15 is 0 Å². The zero-order chi connectivity index (χ0) is 14.1. The Morgan fingerprint density at radius 1 is 1.06 bits per heavy atom. The molecule has 0 saturated heterocycles. The van der Waals surface area contributed by atoms with Crippen LogP contribution in [0.15, 0.2) is 0 Å². The molecule has 0 aliphatic rings. The van der Waals surface area contributed by atoms with Gasteiger partial charge in [-0.25, -0.2) is 4.79 Å². The Balaban J connectivity index is 4.11. The molecule has 0 radical (unpaired) electrons. The van der Waals surface area contributed by atoms with E-state index < -0.39 is 5.97 Å². The van der Waals surface area contributed by atoms with Crippen LogP contribution in [-0.2, 0) is 4.79 Å². The number of amides is 2. The third-order valence-electron chi connectivity index (χ3n) is 2.67. The first kappa shape index (κ1) is 16.7. The van der Waals surface area contributed by atoms with E-state index in [1.807, 2.05) is 21.0 Å². The Morgan fingerprint density at radius 3 is 2.11 bits per heavy atom. The Hall–Kier alpha value is -1.30. The van der Waals surface area contributed by atoms with Gasteiger partial charge in [-0.1, -0.05) is 0 Å². The number of carboxylic acid groups (broad SMARTS) is 1. The van der Waals surface area contributed by atoms with E-state index in [1.54, 1.807) is 11.9 Å². The van der Waals surface area contributed by atoms with Gasteiger partial charge < -0.3 is 19.8 Å². The molecule has 0 rings (SSSR count). The Kier molecular flexibility index (Phi) is 8.11. The van der Waals surface area contributed by atoms with Crippen LogP contribution >= 0.6 is 0 Å². The molecular formula is C12H25N3O3. The quantitative estimate of drug-likeness (QED) is 0.700. The molecule has 6 heteroatoms. The van der Waals surface area contributed by atoms with Gasteiger partial charge in [0, 0.05) is 26.7 Å². The number of carboxylic acids is 1. The second-order valence-corrected chi connectivity index (χ2v) is 4.58. The predicted octanol–water partition coefficient (Wildman–Crippen LogP) is 0.786. The lowest BCUT2D eigenvalue weighted by molar-refractivity contribution is -0.137. The third-order valence-corrected chi connectivity index (χ3v) is 2.67. The van der Waals surface area contributed by atoms with Gasteiger partial charge in [-0.15, -0.1) is 0 Å². The van der Waals surface area contributed by atoms with Gasteiger partial charge in [0.2, 0.25) is 0 Å². The van der Waals surface area contributed by atoms with E-state index in [1.165, 1.54) is 4.90 Å². The van der Waals surface area contributed by atoms with Crippen LogP contribution in [0.4, 0.5) is 4.79 Å². The van der Waals surface area contributed by atoms with Crippen LogP contribution in [-0.4, -0.2) is 79.1 Å². The summed E-state index contributed by atoms with van der Waals surface area (Å²) in [5.41, 5.74) is 0. The fourth-order valence-electron chi connectivity index (χ4n) is 1.57. The van der Waals surface area contributed by atoms with Gasteiger partial charge in [0.05, 0.1) is 6.42 Å². The number of urea groups is 1. The molecule has 0 aliphatic carbocycles. The first-order chi connectivity index (χ1) is 8.38. The van der Waals surface area contributed by atoms with Gasteiger partial charge in [-0.2, -0.15) is 0 Å². The summed E-state index contributed by atoms with van der Waals surface area (Å²) in [6.07, 6.45) is 0.900. The third kappa shape index (κ3) is 7.11. The van der Waals surface area contributed by atoms with E-state index in [0.29, 0.717) is 13.1 Å². The molecule has 0 aromatic carbocycles. The number of aliphatic carboxylic acids is 1. The minimum Gasteiger partial charge on any atom is -0.481 e. The molecule has 106 valence electrons. The second kappa shape index (κ2) is 8.74. The lowest BCUT2D eigenvalue weighted by Crippen LogP contribution is -2.42. The standard InChI is InChI=1S/C12H25N3O3/c1-5-15(9-6-8-13(2)3)12(18)14(4)10-7-11(16)17/h5-10H2,1-4H3,(H,16,17). The topological polar surface area (TPSA) is 64.1 Å². The van der Waals surface area contributed by atoms with E-state index in [-0.39, 0.29) is 19.0 Å². The number of hydrogen-bond donors (Lipinski definition) is 1. The Bertz CT molecular complexity index is 269. The van der Waals surface area contributed by atoms with Crippen molar-refractivity contribution >= 4 is 12.0 Å². The molecule has 0 aliphatic heterocycles. The lowest BCUT2D eigenvalue weighted by atomic mass is 10.3. The van der Waals surface area contributed by atoms with Crippen molar-refractivity contribution in [2.45, 2.75) is 19.8 Å². The molecule has 1 N–H and O–H groups in total. The molecule has 18 heavy (non-hydrogen) atoms. The maximum absolute atomic E-state index is 12.0. The summed E-state index contributed by atoms with van der Waals surface area (Å²) in [7, 11) is 5.63. The number of rotatable bonds is 8. The van der Waals surface area contributed by atoms with E-state index in [9.17, 15) is 9.59 Å². The number of nitrogens with zero attached hydrogens (tertiary/aromatic N) is 3. The van der Waals surface area contributed by atoms with Crippen molar-refractivity contribution in [2.75, 3.05) is 47.3 Å². The van der Waals surface area contributed by atoms with Crippen molar-refractivity contribution in [2.24, 2.45) is 0 Å². The molecular weight excluding hydrogens is 234 g/mol. The summed E-state index contributed by atoms with van der Waals surface area (Å²) >= 11 is 0. The summed E-state index contributed by atoms with van der Waals surface area (Å²) < 4.78 is 0. The van der Waals surface area contributed by atoms with E-state index in [4.69, 9.17) is 5.11 Å². The Morgan fingerprint density at radius 2 is 1.67 bits per heavy atom. The van der Waals surface area contributed by atoms with Crippen LogP contribution in [0.1, 0.15) is 19.8 Å². The molecule has 0 unspecified atom stereocenters. The van der Waals surface area contributed by atoms with Gasteiger partial charge in [0.15, 0.2) is 0 Å². The van der Waals surface area contributed by atoms with Gasteiger partial charge in [-0.3, -0.25) is 4.79 Å². The predicted molar refractivity (Wildman–Crippen MR) is 70.7 cm³/mol. The fourth-order valence-corrected chi connectivity index (χ4v) is 1.57. The first-order valence-corrected chi connectivity index (χ1v) is 6.25. The van der Waals surface area contributed by atoms with Crippen molar-refractivity contribution in [3.05, 3.63) is 0 Å². The normalized spacial score (nSPS) is 10.5. The van der Waals surface area contributed by atoms with Gasteiger partial charge in [-0.05, 0) is 34.0 Å². The van der Waals surface area contributed by atoms with Crippen molar-refractivity contribution < 1.29 is 14.7 Å². The molecule has 0 bridgehead atoms. The van der Waals surface area contributed by atoms with E-state index in [0.717, 1.165) is 13.0 Å². The van der Waals surface area contributed by atoms with Crippen LogP contribution in [0, 0.1) is 0 Å². The van der Waals surface area contributed by atoms with Crippen LogP contribution in [0.2, 0.25) is 0 Å². The van der Waals surface area contributed by atoms with Gasteiger partial charge in [0.25, 0.3) is 0 Å². The fraction of sp³-hybridized carbons (Fsp3) is 0.833. The van der Waals surface area contributed by atoms with Crippen molar-refractivity contribution in [1.29, 1.82) is 0 Å². The molecule has 0 atom stereocenters. The number of carbonyl (C=O) groups excluding carboxylic acids is 1. The molecule has 0 heterocycles. The molecule has 0 aromatic rings. The van der Waals surface area contributed by atoms with Crippen LogP contribution in [0.3, 0.4) is 0 Å². The minimum absolute atomic E-state index is 0.0164. The highest BCUT2D eigenvalue weighted by Gasteiger charge is 2.16. The maximum atomic E-state index is 12.0. The summed E-state index contributed by atoms with van der Waals surface area (Å²) in [6.45, 7) is 4.45. The summed E-state index contributed by atoms with van der Waals surface area (Å²) in [5.74, 6) is -0.884. The molecule has 0 spiro atoms. The Labute approximate surface area is 109 Å². The molecule has 6 nitrogen and oxygen atoms in total. The highest BCUT2D eigenvalue weighted by atomic mass is 16.4. The van der Waals surface area contributed by atoms with E-state index in [2.05, 4.69) is 4.90 Å². The highest BCUT2D eigenvalue weighted by Crippen LogP contribution is 2.00. The van der Waals surface area contributed by atoms with Crippen molar-refractivity contribution in [1.82, 2.24) is 14.7 Å². The van der Waals surface area contributed by atoms with Crippen LogP contribution in [0.5, 0.6) is 0 Å². The maximum Gasteiger partial charge on any atom is 0.319 e. The second-order valence-electron chi connectivity index (χ2n) is 4.58. The summed E-state index contributed by atoms with van der Waals surface area (Å²) in [6, 6.07) is -0.0995. The monoisotopic (exact) mass is 259 g/mol. The molecule has 0 saturated carbocycles. The molecule has 0 aromatic heterocycles. The average Bonchev–Trinajstić information content (AvgIpc) is 2.30. The van der Waals surface area contributed by atoms with Gasteiger partial charge >= 0.3 is 12.0 Å². The van der Waals surface area contributed by atoms with Crippen LogP contribution < -0.4 is 0 Å². The first-order valence-electron chi connectivity index (χ1n) is 6.25. The number of carbonyl (C=O) groups is 2. The van der Waals surface area contributed by atoms with Crippen molar-refractivity contribution in [3.63, 3.8) is 0 Å². The summed E-state index contributed by atoms with van der Waals surface area (Å²) in [5, 5.41) is 8.59. The zero-order valence-corrected chi connectivity index (χ0v) is 11.8.